The number of thiophene rings is 1. The molecule has 2 aromatic rings. The summed E-state index contributed by atoms with van der Waals surface area (Å²) < 4.78 is 1.52. The fourth-order valence-corrected chi connectivity index (χ4v) is 1.93. The molecule has 0 bridgehead atoms. The summed E-state index contributed by atoms with van der Waals surface area (Å²) in [6.07, 6.45) is 6.18. The van der Waals surface area contributed by atoms with E-state index in [1.54, 1.807) is 23.7 Å². The van der Waals surface area contributed by atoms with Gasteiger partial charge in [0.1, 0.15) is 6.33 Å². The molecule has 0 aromatic carbocycles. The molecule has 0 N–H and O–H groups in total. The van der Waals surface area contributed by atoms with E-state index in [0.717, 1.165) is 6.42 Å². The average Bonchev–Trinajstić information content (AvgIpc) is 2.87. The van der Waals surface area contributed by atoms with Crippen LogP contribution in [0.4, 0.5) is 0 Å². The topological polar surface area (TPSA) is 34.9 Å². The Morgan fingerprint density at radius 2 is 2.50 bits per heavy atom. The summed E-state index contributed by atoms with van der Waals surface area (Å²) in [7, 11) is 0. The number of carbonyl (C=O) groups is 1. The van der Waals surface area contributed by atoms with Gasteiger partial charge in [0, 0.05) is 23.7 Å². The molecule has 0 saturated carbocycles. The summed E-state index contributed by atoms with van der Waals surface area (Å²) in [5, 5.41) is 2.02. The van der Waals surface area contributed by atoms with E-state index in [2.05, 4.69) is 4.98 Å². The maximum Gasteiger partial charge on any atom is 0.232 e. The first-order chi connectivity index (χ1) is 6.86. The van der Waals surface area contributed by atoms with Crippen LogP contribution in [0, 0.1) is 0 Å². The van der Waals surface area contributed by atoms with E-state index < -0.39 is 0 Å². The van der Waals surface area contributed by atoms with E-state index >= 15 is 0 Å². The van der Waals surface area contributed by atoms with Crippen molar-refractivity contribution in [2.45, 2.75) is 12.8 Å². The number of nitrogens with zero attached hydrogens (tertiary/aromatic N) is 2. The quantitative estimate of drug-likeness (QED) is 0.771. The molecule has 2 aromatic heterocycles. The van der Waals surface area contributed by atoms with Crippen LogP contribution >= 0.6 is 11.3 Å². The zero-order valence-electron chi connectivity index (χ0n) is 7.59. The molecule has 0 spiro atoms. The van der Waals surface area contributed by atoms with Gasteiger partial charge in [-0.15, -0.1) is 11.3 Å². The number of aromatic nitrogens is 2. The molecule has 0 aliphatic heterocycles. The number of hydrogen-bond donors (Lipinski definition) is 0. The Morgan fingerprint density at radius 3 is 3.14 bits per heavy atom. The number of carbonyl (C=O) groups excluding carboxylic acids is 1. The van der Waals surface area contributed by atoms with Crippen LogP contribution in [0.2, 0.25) is 0 Å². The van der Waals surface area contributed by atoms with Crippen LogP contribution in [-0.2, 0) is 6.42 Å². The van der Waals surface area contributed by atoms with Crippen molar-refractivity contribution in [3.05, 3.63) is 41.1 Å². The van der Waals surface area contributed by atoms with Gasteiger partial charge >= 0.3 is 0 Å². The highest BCUT2D eigenvalue weighted by molar-refractivity contribution is 7.09. The van der Waals surface area contributed by atoms with Crippen LogP contribution in [0.15, 0.2) is 36.2 Å². The van der Waals surface area contributed by atoms with Crippen LogP contribution < -0.4 is 0 Å². The predicted octanol–water partition coefficient (Wildman–Crippen LogP) is 2.22. The molecule has 3 nitrogen and oxygen atoms in total. The van der Waals surface area contributed by atoms with Crippen molar-refractivity contribution in [1.29, 1.82) is 0 Å². The van der Waals surface area contributed by atoms with Crippen molar-refractivity contribution >= 4 is 17.2 Å². The zero-order chi connectivity index (χ0) is 9.80. The van der Waals surface area contributed by atoms with Crippen molar-refractivity contribution in [2.75, 3.05) is 0 Å². The number of rotatable bonds is 3. The lowest BCUT2D eigenvalue weighted by Gasteiger charge is -1.98. The van der Waals surface area contributed by atoms with Crippen LogP contribution in [0.5, 0.6) is 0 Å². The summed E-state index contributed by atoms with van der Waals surface area (Å²) in [6, 6.07) is 4.05. The highest BCUT2D eigenvalue weighted by atomic mass is 32.1. The third-order valence-corrected chi connectivity index (χ3v) is 2.89. The molecule has 4 heteroatoms. The maximum atomic E-state index is 11.5. The number of imidazole rings is 1. The Morgan fingerprint density at radius 1 is 1.57 bits per heavy atom. The Labute approximate surface area is 86.0 Å². The zero-order valence-corrected chi connectivity index (χ0v) is 8.41. The number of aryl methyl sites for hydroxylation is 1. The van der Waals surface area contributed by atoms with Gasteiger partial charge in [-0.1, -0.05) is 6.07 Å². The number of hydrogen-bond acceptors (Lipinski definition) is 3. The minimum atomic E-state index is 0.0934. The van der Waals surface area contributed by atoms with Crippen molar-refractivity contribution < 1.29 is 4.79 Å². The normalized spacial score (nSPS) is 10.3. The first-order valence-electron chi connectivity index (χ1n) is 4.40. The van der Waals surface area contributed by atoms with Gasteiger partial charge in [-0.2, -0.15) is 0 Å². The van der Waals surface area contributed by atoms with Crippen LogP contribution in [0.1, 0.15) is 16.1 Å². The highest BCUT2D eigenvalue weighted by Crippen LogP contribution is 2.11. The summed E-state index contributed by atoms with van der Waals surface area (Å²) in [4.78, 5) is 16.6. The lowest BCUT2D eigenvalue weighted by atomic mass is 10.2. The summed E-state index contributed by atoms with van der Waals surface area (Å²) >= 11 is 1.69. The standard InChI is InChI=1S/C10H10N2OS/c13-10(12-6-5-11-8-12)4-3-9-2-1-7-14-9/h1-2,5-8H,3-4H2. The Bertz CT molecular complexity index is 392. The van der Waals surface area contributed by atoms with Gasteiger partial charge < -0.3 is 0 Å². The van der Waals surface area contributed by atoms with Crippen LogP contribution in [-0.4, -0.2) is 15.5 Å². The van der Waals surface area contributed by atoms with E-state index in [1.807, 2.05) is 17.5 Å². The van der Waals surface area contributed by atoms with Gasteiger partial charge in [0.05, 0.1) is 0 Å². The molecule has 0 saturated heterocycles. The van der Waals surface area contributed by atoms with Gasteiger partial charge in [0.2, 0.25) is 5.91 Å². The molecule has 0 unspecified atom stereocenters. The average molecular weight is 206 g/mol. The van der Waals surface area contributed by atoms with E-state index in [0.29, 0.717) is 6.42 Å². The van der Waals surface area contributed by atoms with Gasteiger partial charge in [0.15, 0.2) is 0 Å². The molecule has 0 aliphatic carbocycles. The van der Waals surface area contributed by atoms with Crippen molar-refractivity contribution in [3.63, 3.8) is 0 Å². The molecule has 14 heavy (non-hydrogen) atoms. The molecule has 0 fully saturated rings. The van der Waals surface area contributed by atoms with E-state index in [4.69, 9.17) is 0 Å². The largest absolute Gasteiger partial charge is 0.276 e. The first kappa shape index (κ1) is 9.15. The lowest BCUT2D eigenvalue weighted by molar-refractivity contribution is 0.0903. The summed E-state index contributed by atoms with van der Waals surface area (Å²) in [5.74, 6) is 0.0934. The van der Waals surface area contributed by atoms with Gasteiger partial charge in [-0.05, 0) is 17.9 Å². The predicted molar refractivity (Wildman–Crippen MR) is 55.5 cm³/mol. The molecule has 0 aliphatic rings. The third-order valence-electron chi connectivity index (χ3n) is 1.96. The SMILES string of the molecule is O=C(CCc1cccs1)n1ccnc1. The summed E-state index contributed by atoms with van der Waals surface area (Å²) in [5.41, 5.74) is 0. The molecule has 2 heterocycles. The first-order valence-corrected chi connectivity index (χ1v) is 5.28. The van der Waals surface area contributed by atoms with Crippen molar-refractivity contribution in [2.24, 2.45) is 0 Å². The molecule has 2 rings (SSSR count). The highest BCUT2D eigenvalue weighted by Gasteiger charge is 2.04. The maximum absolute atomic E-state index is 11.5. The molecular formula is C10H10N2OS. The van der Waals surface area contributed by atoms with Gasteiger partial charge in [-0.3, -0.25) is 9.36 Å². The fraction of sp³-hybridized carbons (Fsp3) is 0.200. The van der Waals surface area contributed by atoms with E-state index in [-0.39, 0.29) is 5.91 Å². The molecule has 72 valence electrons. The molecular weight excluding hydrogens is 196 g/mol. The second-order valence-corrected chi connectivity index (χ2v) is 3.98. The van der Waals surface area contributed by atoms with Crippen molar-refractivity contribution in [1.82, 2.24) is 9.55 Å². The second kappa shape index (κ2) is 4.19. The van der Waals surface area contributed by atoms with Crippen LogP contribution in [0.25, 0.3) is 0 Å². The molecule has 0 atom stereocenters. The Hall–Kier alpha value is -1.42. The van der Waals surface area contributed by atoms with Crippen LogP contribution in [0.3, 0.4) is 0 Å². The van der Waals surface area contributed by atoms with E-state index in [9.17, 15) is 4.79 Å². The van der Waals surface area contributed by atoms with Gasteiger partial charge in [0.25, 0.3) is 0 Å². The minimum Gasteiger partial charge on any atom is -0.276 e. The minimum absolute atomic E-state index is 0.0934. The molecule has 0 amide bonds. The Balaban J connectivity index is 1.90. The second-order valence-electron chi connectivity index (χ2n) is 2.94. The summed E-state index contributed by atoms with van der Waals surface area (Å²) in [6.45, 7) is 0. The lowest BCUT2D eigenvalue weighted by Crippen LogP contribution is -2.08. The van der Waals surface area contributed by atoms with E-state index in [1.165, 1.54) is 15.8 Å². The Kier molecular flexibility index (Phi) is 2.74. The van der Waals surface area contributed by atoms with Crippen molar-refractivity contribution in [3.8, 4) is 0 Å². The monoisotopic (exact) mass is 206 g/mol. The fourth-order valence-electron chi connectivity index (χ4n) is 1.22. The smallest absolute Gasteiger partial charge is 0.232 e. The molecule has 0 radical (unpaired) electrons. The third kappa shape index (κ3) is 2.09. The van der Waals surface area contributed by atoms with Gasteiger partial charge in [-0.25, -0.2) is 4.98 Å².